The highest BCUT2D eigenvalue weighted by atomic mass is 19.3. The fraction of sp³-hybridized carbons (Fsp3) is 0.400. The van der Waals surface area contributed by atoms with Gasteiger partial charge in [-0.3, -0.25) is 10.1 Å². The zero-order valence-electron chi connectivity index (χ0n) is 8.54. The van der Waals surface area contributed by atoms with E-state index in [9.17, 15) is 18.9 Å². The van der Waals surface area contributed by atoms with Crippen LogP contribution in [0.25, 0.3) is 0 Å². The summed E-state index contributed by atoms with van der Waals surface area (Å²) in [7, 11) is 0. The first-order valence-electron chi connectivity index (χ1n) is 4.70. The van der Waals surface area contributed by atoms with E-state index >= 15 is 0 Å². The highest BCUT2D eigenvalue weighted by Gasteiger charge is 2.70. The molecule has 0 aromatic heterocycles. The maximum absolute atomic E-state index is 13.1. The van der Waals surface area contributed by atoms with E-state index in [1.54, 1.807) is 6.92 Å². The molecule has 0 heterocycles. The Labute approximate surface area is 90.2 Å². The van der Waals surface area contributed by atoms with Crippen molar-refractivity contribution in [1.82, 2.24) is 0 Å². The van der Waals surface area contributed by atoms with Crippen molar-refractivity contribution in [2.45, 2.75) is 24.8 Å². The number of nitro benzene ring substituents is 1. The average molecular weight is 228 g/mol. The lowest BCUT2D eigenvalue weighted by molar-refractivity contribution is -0.385. The molecular weight excluding hydrogens is 218 g/mol. The Bertz CT molecular complexity index is 476. The first-order chi connectivity index (χ1) is 7.28. The van der Waals surface area contributed by atoms with Crippen molar-refractivity contribution < 1.29 is 13.7 Å². The van der Waals surface area contributed by atoms with Crippen LogP contribution in [-0.4, -0.2) is 10.8 Å². The lowest BCUT2D eigenvalue weighted by atomic mass is 9.99. The van der Waals surface area contributed by atoms with Gasteiger partial charge in [0.25, 0.3) is 11.6 Å². The molecule has 0 aliphatic heterocycles. The molecule has 0 bridgehead atoms. The summed E-state index contributed by atoms with van der Waals surface area (Å²) in [5.41, 5.74) is 4.30. The van der Waals surface area contributed by atoms with Gasteiger partial charge in [0.15, 0.2) is 0 Å². The predicted octanol–water partition coefficient (Wildman–Crippen LogP) is 2.10. The molecule has 0 radical (unpaired) electrons. The molecule has 4 nitrogen and oxygen atoms in total. The molecule has 1 saturated carbocycles. The Kier molecular flexibility index (Phi) is 2.03. The van der Waals surface area contributed by atoms with Crippen LogP contribution in [0.1, 0.15) is 17.5 Å². The molecule has 0 amide bonds. The average Bonchev–Trinajstić information content (AvgIpc) is 2.67. The van der Waals surface area contributed by atoms with E-state index in [4.69, 9.17) is 5.73 Å². The van der Waals surface area contributed by atoms with Crippen LogP contribution >= 0.6 is 0 Å². The molecule has 1 aliphatic carbocycles. The van der Waals surface area contributed by atoms with Crippen LogP contribution in [0.4, 0.5) is 14.5 Å². The molecular formula is C10H10F2N2O2. The van der Waals surface area contributed by atoms with Gasteiger partial charge in [0.2, 0.25) is 0 Å². The topological polar surface area (TPSA) is 69.2 Å². The van der Waals surface area contributed by atoms with Crippen molar-refractivity contribution in [2.24, 2.45) is 5.73 Å². The van der Waals surface area contributed by atoms with Crippen LogP contribution in [0, 0.1) is 17.0 Å². The molecule has 2 rings (SSSR count). The van der Waals surface area contributed by atoms with Gasteiger partial charge in [0.1, 0.15) is 5.54 Å². The quantitative estimate of drug-likeness (QED) is 0.622. The fourth-order valence-electron chi connectivity index (χ4n) is 1.80. The van der Waals surface area contributed by atoms with Crippen molar-refractivity contribution in [2.75, 3.05) is 0 Å². The molecule has 1 aromatic carbocycles. The van der Waals surface area contributed by atoms with Crippen molar-refractivity contribution >= 4 is 5.69 Å². The van der Waals surface area contributed by atoms with E-state index in [2.05, 4.69) is 0 Å². The fourth-order valence-corrected chi connectivity index (χ4v) is 1.80. The van der Waals surface area contributed by atoms with Gasteiger partial charge in [0.05, 0.1) is 4.92 Å². The van der Waals surface area contributed by atoms with E-state index in [0.29, 0.717) is 5.56 Å². The molecule has 2 N–H and O–H groups in total. The van der Waals surface area contributed by atoms with Crippen LogP contribution in [0.15, 0.2) is 18.2 Å². The lowest BCUT2D eigenvalue weighted by Crippen LogP contribution is -2.28. The van der Waals surface area contributed by atoms with E-state index in [1.165, 1.54) is 12.1 Å². The number of nitrogens with zero attached hydrogens (tertiary/aromatic N) is 1. The maximum atomic E-state index is 13.1. The normalized spacial score (nSPS) is 26.5. The molecule has 86 valence electrons. The van der Waals surface area contributed by atoms with Gasteiger partial charge < -0.3 is 5.73 Å². The predicted molar refractivity (Wildman–Crippen MR) is 53.3 cm³/mol. The van der Waals surface area contributed by atoms with E-state index < -0.39 is 22.8 Å². The molecule has 0 saturated heterocycles. The van der Waals surface area contributed by atoms with Gasteiger partial charge in [-0.15, -0.1) is 0 Å². The summed E-state index contributed by atoms with van der Waals surface area (Å²) < 4.78 is 26.2. The minimum Gasteiger partial charge on any atom is -0.316 e. The highest BCUT2D eigenvalue weighted by molar-refractivity contribution is 5.47. The van der Waals surface area contributed by atoms with Gasteiger partial charge in [-0.25, -0.2) is 8.78 Å². The second-order valence-corrected chi connectivity index (χ2v) is 4.11. The number of nitro groups is 1. The summed E-state index contributed by atoms with van der Waals surface area (Å²) >= 11 is 0. The maximum Gasteiger partial charge on any atom is 0.272 e. The Morgan fingerprint density at radius 2 is 2.06 bits per heavy atom. The molecule has 1 fully saturated rings. The Hall–Kier alpha value is -1.56. The van der Waals surface area contributed by atoms with Gasteiger partial charge >= 0.3 is 0 Å². The van der Waals surface area contributed by atoms with Crippen molar-refractivity contribution in [3.63, 3.8) is 0 Å². The molecule has 1 atom stereocenters. The smallest absolute Gasteiger partial charge is 0.272 e. The molecule has 1 aromatic rings. The third kappa shape index (κ3) is 1.37. The van der Waals surface area contributed by atoms with Gasteiger partial charge in [0, 0.05) is 18.6 Å². The van der Waals surface area contributed by atoms with E-state index in [-0.39, 0.29) is 11.3 Å². The number of benzene rings is 1. The zero-order valence-corrected chi connectivity index (χ0v) is 8.54. The first kappa shape index (κ1) is 10.9. The van der Waals surface area contributed by atoms with Crippen LogP contribution in [0.2, 0.25) is 0 Å². The second-order valence-electron chi connectivity index (χ2n) is 4.11. The van der Waals surface area contributed by atoms with E-state index in [0.717, 1.165) is 6.07 Å². The largest absolute Gasteiger partial charge is 0.316 e. The summed E-state index contributed by atoms with van der Waals surface area (Å²) in [6.07, 6.45) is -0.456. The SMILES string of the molecule is Cc1ccc([N+](=O)[O-])cc1C1(N)CC1(F)F. The number of nitrogens with two attached hydrogens (primary N) is 1. The van der Waals surface area contributed by atoms with Crippen LogP contribution in [-0.2, 0) is 5.54 Å². The minimum atomic E-state index is -2.97. The Balaban J connectivity index is 2.50. The number of aryl methyl sites for hydroxylation is 1. The number of non-ortho nitro benzene ring substituents is 1. The zero-order chi connectivity index (χ0) is 12.1. The standard InChI is InChI=1S/C10H10F2N2O2/c1-6-2-3-7(14(15)16)4-8(6)9(13)5-10(9,11)12/h2-4H,5,13H2,1H3. The van der Waals surface area contributed by atoms with Crippen molar-refractivity contribution in [1.29, 1.82) is 0 Å². The summed E-state index contributed by atoms with van der Waals surface area (Å²) in [5.74, 6) is -2.97. The van der Waals surface area contributed by atoms with Crippen LogP contribution in [0.5, 0.6) is 0 Å². The summed E-state index contributed by atoms with van der Waals surface area (Å²) in [5, 5.41) is 10.6. The number of hydrogen-bond acceptors (Lipinski definition) is 3. The van der Waals surface area contributed by atoms with Gasteiger partial charge in [-0.1, -0.05) is 6.07 Å². The monoisotopic (exact) mass is 228 g/mol. The molecule has 1 aliphatic rings. The van der Waals surface area contributed by atoms with Crippen LogP contribution in [0.3, 0.4) is 0 Å². The molecule has 6 heteroatoms. The van der Waals surface area contributed by atoms with Gasteiger partial charge in [-0.2, -0.15) is 0 Å². The van der Waals surface area contributed by atoms with E-state index in [1.807, 2.05) is 0 Å². The molecule has 16 heavy (non-hydrogen) atoms. The summed E-state index contributed by atoms with van der Waals surface area (Å²) in [4.78, 5) is 9.93. The summed E-state index contributed by atoms with van der Waals surface area (Å²) in [6.45, 7) is 1.61. The first-order valence-corrected chi connectivity index (χ1v) is 4.70. The number of alkyl halides is 2. The van der Waals surface area contributed by atoms with Crippen LogP contribution < -0.4 is 5.73 Å². The third-order valence-corrected chi connectivity index (χ3v) is 2.94. The number of rotatable bonds is 2. The highest BCUT2D eigenvalue weighted by Crippen LogP contribution is 2.58. The number of halogens is 2. The van der Waals surface area contributed by atoms with Gasteiger partial charge in [-0.05, 0) is 18.1 Å². The Morgan fingerprint density at radius 3 is 2.50 bits per heavy atom. The summed E-state index contributed by atoms with van der Waals surface area (Å²) in [6, 6.07) is 3.86. The minimum absolute atomic E-state index is 0.159. The number of hydrogen-bond donors (Lipinski definition) is 1. The Morgan fingerprint density at radius 1 is 1.50 bits per heavy atom. The van der Waals surface area contributed by atoms with Crippen molar-refractivity contribution in [3.05, 3.63) is 39.4 Å². The van der Waals surface area contributed by atoms with Crippen molar-refractivity contribution in [3.8, 4) is 0 Å². The third-order valence-electron chi connectivity index (χ3n) is 2.94. The molecule has 1 unspecified atom stereocenters. The second kappa shape index (κ2) is 2.98. The molecule has 0 spiro atoms. The lowest BCUT2D eigenvalue weighted by Gasteiger charge is -2.13.